The Morgan fingerprint density at radius 1 is 1.19 bits per heavy atom. The van der Waals surface area contributed by atoms with Gasteiger partial charge in [0.25, 0.3) is 0 Å². The third-order valence-corrected chi connectivity index (χ3v) is 3.00. The van der Waals surface area contributed by atoms with E-state index in [1.54, 1.807) is 12.1 Å². The fraction of sp³-hybridized carbons (Fsp3) is 0.182. The van der Waals surface area contributed by atoms with Gasteiger partial charge >= 0.3 is 0 Å². The van der Waals surface area contributed by atoms with E-state index in [1.165, 1.54) is 0 Å². The number of nitrogens with one attached hydrogen (secondary N) is 1. The molecule has 0 radical (unpaired) electrons. The van der Waals surface area contributed by atoms with Gasteiger partial charge in [0.15, 0.2) is 0 Å². The molecule has 0 spiro atoms. The van der Waals surface area contributed by atoms with Gasteiger partial charge < -0.3 is 5.73 Å². The molecule has 84 valence electrons. The minimum Gasteiger partial charge on any atom is -0.330 e. The van der Waals surface area contributed by atoms with Gasteiger partial charge in [0.2, 0.25) is 0 Å². The van der Waals surface area contributed by atoms with Gasteiger partial charge in [-0.2, -0.15) is 5.10 Å². The van der Waals surface area contributed by atoms with Crippen molar-refractivity contribution in [2.45, 2.75) is 6.42 Å². The van der Waals surface area contributed by atoms with E-state index in [4.69, 9.17) is 28.9 Å². The first-order valence-corrected chi connectivity index (χ1v) is 5.66. The quantitative estimate of drug-likeness (QED) is 0.887. The molecule has 0 bridgehead atoms. The van der Waals surface area contributed by atoms with Crippen LogP contribution >= 0.6 is 23.2 Å². The van der Waals surface area contributed by atoms with Crippen molar-refractivity contribution in [1.82, 2.24) is 10.2 Å². The molecule has 3 N–H and O–H groups in total. The molecule has 16 heavy (non-hydrogen) atoms. The average molecular weight is 256 g/mol. The molecule has 0 fully saturated rings. The standard InChI is InChI=1S/C11H11Cl2N3/c12-9-2-1-7(5-10(9)13)11-6-8(3-4-14)15-16-11/h1-2,5-6H,3-4,14H2,(H,15,16). The summed E-state index contributed by atoms with van der Waals surface area (Å²) in [6.07, 6.45) is 0.786. The zero-order chi connectivity index (χ0) is 11.5. The SMILES string of the molecule is NCCc1cc(-c2ccc(Cl)c(Cl)c2)n[nH]1. The topological polar surface area (TPSA) is 54.7 Å². The Hall–Kier alpha value is -1.03. The van der Waals surface area contributed by atoms with Gasteiger partial charge in [-0.1, -0.05) is 29.3 Å². The molecular formula is C11H11Cl2N3. The Bertz CT molecular complexity index is 494. The van der Waals surface area contributed by atoms with Crippen LogP contribution in [0.15, 0.2) is 24.3 Å². The lowest BCUT2D eigenvalue weighted by Gasteiger charge is -1.98. The number of halogens is 2. The second kappa shape index (κ2) is 4.87. The molecule has 0 aliphatic carbocycles. The second-order valence-electron chi connectivity index (χ2n) is 3.45. The summed E-state index contributed by atoms with van der Waals surface area (Å²) in [5.41, 5.74) is 8.27. The van der Waals surface area contributed by atoms with E-state index in [0.717, 1.165) is 23.4 Å². The number of H-pyrrole nitrogens is 1. The van der Waals surface area contributed by atoms with Gasteiger partial charge in [0.1, 0.15) is 0 Å². The number of benzene rings is 1. The van der Waals surface area contributed by atoms with Crippen LogP contribution in [-0.4, -0.2) is 16.7 Å². The van der Waals surface area contributed by atoms with Crippen molar-refractivity contribution in [3.05, 3.63) is 40.0 Å². The second-order valence-corrected chi connectivity index (χ2v) is 4.26. The monoisotopic (exact) mass is 255 g/mol. The zero-order valence-electron chi connectivity index (χ0n) is 8.50. The van der Waals surface area contributed by atoms with Crippen molar-refractivity contribution in [2.75, 3.05) is 6.54 Å². The molecule has 5 heteroatoms. The number of aromatic nitrogens is 2. The van der Waals surface area contributed by atoms with Crippen LogP contribution in [0.1, 0.15) is 5.69 Å². The highest BCUT2D eigenvalue weighted by Gasteiger charge is 2.05. The van der Waals surface area contributed by atoms with E-state index in [1.807, 2.05) is 12.1 Å². The highest BCUT2D eigenvalue weighted by Crippen LogP contribution is 2.27. The molecule has 2 aromatic rings. The molecule has 0 amide bonds. The summed E-state index contributed by atoms with van der Waals surface area (Å²) in [5, 5.41) is 8.20. The molecule has 0 unspecified atom stereocenters. The molecule has 3 nitrogen and oxygen atoms in total. The first kappa shape index (κ1) is 11.5. The van der Waals surface area contributed by atoms with E-state index < -0.39 is 0 Å². The molecular weight excluding hydrogens is 245 g/mol. The molecule has 0 saturated carbocycles. The molecule has 0 aliphatic heterocycles. The summed E-state index contributed by atoms with van der Waals surface area (Å²) in [7, 11) is 0. The summed E-state index contributed by atoms with van der Waals surface area (Å²) in [6.45, 7) is 0.600. The van der Waals surface area contributed by atoms with Gasteiger partial charge in [-0.3, -0.25) is 5.10 Å². The van der Waals surface area contributed by atoms with E-state index in [-0.39, 0.29) is 0 Å². The Kier molecular flexibility index (Phi) is 3.49. The van der Waals surface area contributed by atoms with Gasteiger partial charge in [0, 0.05) is 17.7 Å². The summed E-state index contributed by atoms with van der Waals surface area (Å²) >= 11 is 11.8. The van der Waals surface area contributed by atoms with Crippen LogP contribution < -0.4 is 5.73 Å². The first-order valence-electron chi connectivity index (χ1n) is 4.90. The fourth-order valence-electron chi connectivity index (χ4n) is 1.45. The van der Waals surface area contributed by atoms with Gasteiger partial charge in [-0.25, -0.2) is 0 Å². The van der Waals surface area contributed by atoms with E-state index in [2.05, 4.69) is 10.2 Å². The van der Waals surface area contributed by atoms with Crippen LogP contribution in [-0.2, 0) is 6.42 Å². The Morgan fingerprint density at radius 2 is 2.00 bits per heavy atom. The smallest absolute Gasteiger partial charge is 0.0924 e. The largest absolute Gasteiger partial charge is 0.330 e. The highest BCUT2D eigenvalue weighted by atomic mass is 35.5. The van der Waals surface area contributed by atoms with Crippen LogP contribution in [0.3, 0.4) is 0 Å². The zero-order valence-corrected chi connectivity index (χ0v) is 10.0. The van der Waals surface area contributed by atoms with Gasteiger partial charge in [-0.05, 0) is 24.7 Å². The van der Waals surface area contributed by atoms with Crippen LogP contribution in [0, 0.1) is 0 Å². The van der Waals surface area contributed by atoms with E-state index in [9.17, 15) is 0 Å². The predicted octanol–water partition coefficient (Wildman–Crippen LogP) is 2.88. The van der Waals surface area contributed by atoms with Gasteiger partial charge in [-0.15, -0.1) is 0 Å². The normalized spacial score (nSPS) is 10.7. The Balaban J connectivity index is 2.31. The van der Waals surface area contributed by atoms with Crippen LogP contribution in [0.5, 0.6) is 0 Å². The van der Waals surface area contributed by atoms with E-state index >= 15 is 0 Å². The molecule has 0 saturated heterocycles. The fourth-order valence-corrected chi connectivity index (χ4v) is 1.75. The first-order chi connectivity index (χ1) is 7.70. The van der Waals surface area contributed by atoms with Crippen molar-refractivity contribution in [1.29, 1.82) is 0 Å². The van der Waals surface area contributed by atoms with Crippen molar-refractivity contribution in [3.8, 4) is 11.3 Å². The molecule has 1 aromatic carbocycles. The number of nitrogens with zero attached hydrogens (tertiary/aromatic N) is 1. The Morgan fingerprint density at radius 3 is 2.69 bits per heavy atom. The van der Waals surface area contributed by atoms with Crippen molar-refractivity contribution in [2.24, 2.45) is 5.73 Å². The number of hydrogen-bond donors (Lipinski definition) is 2. The molecule has 1 aromatic heterocycles. The maximum atomic E-state index is 5.94. The minimum absolute atomic E-state index is 0.530. The van der Waals surface area contributed by atoms with Crippen molar-refractivity contribution in [3.63, 3.8) is 0 Å². The molecule has 0 aliphatic rings. The number of hydrogen-bond acceptors (Lipinski definition) is 2. The maximum Gasteiger partial charge on any atom is 0.0924 e. The summed E-state index contributed by atoms with van der Waals surface area (Å²) < 4.78 is 0. The highest BCUT2D eigenvalue weighted by molar-refractivity contribution is 6.42. The lowest BCUT2D eigenvalue weighted by molar-refractivity contribution is 0.902. The molecule has 0 atom stereocenters. The van der Waals surface area contributed by atoms with Crippen LogP contribution in [0.4, 0.5) is 0 Å². The third-order valence-electron chi connectivity index (χ3n) is 2.26. The van der Waals surface area contributed by atoms with Crippen LogP contribution in [0.2, 0.25) is 10.0 Å². The van der Waals surface area contributed by atoms with Crippen molar-refractivity contribution < 1.29 is 0 Å². The van der Waals surface area contributed by atoms with Crippen molar-refractivity contribution >= 4 is 23.2 Å². The van der Waals surface area contributed by atoms with E-state index in [0.29, 0.717) is 16.6 Å². The predicted molar refractivity (Wildman–Crippen MR) is 66.8 cm³/mol. The Labute approximate surface area is 104 Å². The average Bonchev–Trinajstić information content (AvgIpc) is 2.71. The molecule has 2 rings (SSSR count). The number of rotatable bonds is 3. The molecule has 1 heterocycles. The maximum absolute atomic E-state index is 5.94. The summed E-state index contributed by atoms with van der Waals surface area (Å²) in [6, 6.07) is 7.41. The summed E-state index contributed by atoms with van der Waals surface area (Å²) in [5.74, 6) is 0. The lowest BCUT2D eigenvalue weighted by atomic mass is 10.1. The number of nitrogens with two attached hydrogens (primary N) is 1. The van der Waals surface area contributed by atoms with Gasteiger partial charge in [0.05, 0.1) is 15.7 Å². The lowest BCUT2D eigenvalue weighted by Crippen LogP contribution is -2.02. The number of aromatic amines is 1. The third kappa shape index (κ3) is 2.38. The van der Waals surface area contributed by atoms with Crippen LogP contribution in [0.25, 0.3) is 11.3 Å². The summed E-state index contributed by atoms with van der Waals surface area (Å²) in [4.78, 5) is 0. The minimum atomic E-state index is 0.530.